The number of nitrogens with one attached hydrogen (secondary N) is 1. The van der Waals surface area contributed by atoms with Crippen molar-refractivity contribution in [2.75, 3.05) is 11.1 Å². The highest BCUT2D eigenvalue weighted by Gasteiger charge is 2.25. The molecule has 0 aliphatic heterocycles. The van der Waals surface area contributed by atoms with Crippen LogP contribution in [0.3, 0.4) is 0 Å². The van der Waals surface area contributed by atoms with E-state index in [4.69, 9.17) is 0 Å². The monoisotopic (exact) mass is 466 g/mol. The minimum Gasteiger partial charge on any atom is -0.354 e. The average Bonchev–Trinajstić information content (AvgIpc) is 3.44. The molecule has 4 rings (SSSR count). The molecule has 7 nitrogen and oxygen atoms in total. The molecule has 0 saturated heterocycles. The van der Waals surface area contributed by atoms with Gasteiger partial charge >= 0.3 is 0 Å². The molecule has 1 amide bonds. The molecular formula is C23H26N6OS2. The van der Waals surface area contributed by atoms with Crippen LogP contribution < -0.4 is 5.32 Å². The summed E-state index contributed by atoms with van der Waals surface area (Å²) in [6.45, 7) is 6.65. The van der Waals surface area contributed by atoms with Gasteiger partial charge in [-0.3, -0.25) is 4.79 Å². The second-order valence-electron chi connectivity index (χ2n) is 8.09. The molecule has 0 saturated carbocycles. The second kappa shape index (κ2) is 9.76. The van der Waals surface area contributed by atoms with Crippen molar-refractivity contribution in [3.05, 3.63) is 58.5 Å². The SMILES string of the molecule is C=CCn1c(Cc2cccn2C)nnc1SCC(=O)Nc1sc2c(c1C#N)CCC(C)C2. The predicted molar refractivity (Wildman–Crippen MR) is 128 cm³/mol. The largest absolute Gasteiger partial charge is 0.354 e. The van der Waals surface area contributed by atoms with Crippen LogP contribution in [0.4, 0.5) is 5.00 Å². The van der Waals surface area contributed by atoms with E-state index in [1.807, 2.05) is 23.9 Å². The molecule has 1 aliphatic rings. The Labute approximate surface area is 196 Å². The van der Waals surface area contributed by atoms with Crippen LogP contribution >= 0.6 is 23.1 Å². The Kier molecular flexibility index (Phi) is 6.82. The summed E-state index contributed by atoms with van der Waals surface area (Å²) in [6.07, 6.45) is 7.44. The summed E-state index contributed by atoms with van der Waals surface area (Å²) in [4.78, 5) is 13.9. The topological polar surface area (TPSA) is 88.5 Å². The summed E-state index contributed by atoms with van der Waals surface area (Å²) in [5.41, 5.74) is 2.89. The van der Waals surface area contributed by atoms with Gasteiger partial charge in [0.05, 0.1) is 11.3 Å². The number of nitriles is 1. The minimum absolute atomic E-state index is 0.143. The van der Waals surface area contributed by atoms with Crippen molar-refractivity contribution in [3.8, 4) is 6.07 Å². The standard InChI is InChI=1S/C23H26N6OS2/c1-4-9-29-20(12-16-6-5-10-28(16)3)26-27-23(29)31-14-21(30)25-22-18(13-24)17-8-7-15(2)11-19(17)32-22/h4-6,10,15H,1,7-9,11-12,14H2,2-3H3,(H,25,30). The van der Waals surface area contributed by atoms with Crippen molar-refractivity contribution in [1.29, 1.82) is 5.26 Å². The number of thioether (sulfide) groups is 1. The Morgan fingerprint density at radius 1 is 1.50 bits per heavy atom. The fourth-order valence-electron chi connectivity index (χ4n) is 3.96. The van der Waals surface area contributed by atoms with Gasteiger partial charge in [0, 0.05) is 36.8 Å². The lowest BCUT2D eigenvalue weighted by Gasteiger charge is -2.17. The van der Waals surface area contributed by atoms with Crippen molar-refractivity contribution in [1.82, 2.24) is 19.3 Å². The van der Waals surface area contributed by atoms with Crippen LogP contribution in [0.5, 0.6) is 0 Å². The smallest absolute Gasteiger partial charge is 0.235 e. The first-order chi connectivity index (χ1) is 15.5. The molecule has 3 aromatic rings. The van der Waals surface area contributed by atoms with Crippen molar-refractivity contribution in [2.24, 2.45) is 13.0 Å². The van der Waals surface area contributed by atoms with E-state index in [1.54, 1.807) is 17.4 Å². The molecular weight excluding hydrogens is 440 g/mol. The second-order valence-corrected chi connectivity index (χ2v) is 10.1. The summed E-state index contributed by atoms with van der Waals surface area (Å²) in [6, 6.07) is 6.36. The number of thiophene rings is 1. The molecule has 166 valence electrons. The van der Waals surface area contributed by atoms with Crippen molar-refractivity contribution >= 4 is 34.0 Å². The van der Waals surface area contributed by atoms with Crippen molar-refractivity contribution in [2.45, 2.75) is 44.3 Å². The molecule has 1 unspecified atom stereocenters. The van der Waals surface area contributed by atoms with Crippen LogP contribution in [0, 0.1) is 17.2 Å². The number of anilines is 1. The molecule has 0 radical (unpaired) electrons. The number of fused-ring (bicyclic) bond motifs is 1. The van der Waals surface area contributed by atoms with Gasteiger partial charge in [-0.25, -0.2) is 0 Å². The van der Waals surface area contributed by atoms with Gasteiger partial charge < -0.3 is 14.5 Å². The van der Waals surface area contributed by atoms with E-state index >= 15 is 0 Å². The maximum absolute atomic E-state index is 12.7. The zero-order chi connectivity index (χ0) is 22.7. The number of aryl methyl sites for hydroxylation is 1. The number of nitrogens with zero attached hydrogens (tertiary/aromatic N) is 5. The van der Waals surface area contributed by atoms with E-state index in [0.29, 0.717) is 34.6 Å². The third kappa shape index (κ3) is 4.66. The van der Waals surface area contributed by atoms with E-state index < -0.39 is 0 Å². The van der Waals surface area contributed by atoms with Gasteiger partial charge in [-0.1, -0.05) is 24.8 Å². The normalized spacial score (nSPS) is 15.2. The number of amides is 1. The van der Waals surface area contributed by atoms with Crippen molar-refractivity contribution in [3.63, 3.8) is 0 Å². The lowest BCUT2D eigenvalue weighted by Crippen LogP contribution is -2.15. The summed E-state index contributed by atoms with van der Waals surface area (Å²) in [7, 11) is 2.00. The van der Waals surface area contributed by atoms with E-state index in [0.717, 1.165) is 36.3 Å². The lowest BCUT2D eigenvalue weighted by atomic mass is 9.89. The molecule has 0 fully saturated rings. The zero-order valence-corrected chi connectivity index (χ0v) is 19.9. The van der Waals surface area contributed by atoms with Gasteiger partial charge in [-0.15, -0.1) is 28.1 Å². The summed E-state index contributed by atoms with van der Waals surface area (Å²) < 4.78 is 4.05. The highest BCUT2D eigenvalue weighted by molar-refractivity contribution is 7.99. The van der Waals surface area contributed by atoms with Crippen LogP contribution in [0.1, 0.15) is 40.9 Å². The number of carbonyl (C=O) groups is 1. The highest BCUT2D eigenvalue weighted by atomic mass is 32.2. The first-order valence-electron chi connectivity index (χ1n) is 10.6. The number of rotatable bonds is 8. The van der Waals surface area contributed by atoms with Crippen LogP contribution in [0.15, 0.2) is 36.1 Å². The fraction of sp³-hybridized carbons (Fsp3) is 0.391. The van der Waals surface area contributed by atoms with E-state index in [9.17, 15) is 10.1 Å². The van der Waals surface area contributed by atoms with Crippen LogP contribution in [0.2, 0.25) is 0 Å². The number of aromatic nitrogens is 4. The molecule has 0 aromatic carbocycles. The van der Waals surface area contributed by atoms with Gasteiger partial charge in [-0.05, 0) is 42.9 Å². The molecule has 32 heavy (non-hydrogen) atoms. The summed E-state index contributed by atoms with van der Waals surface area (Å²) >= 11 is 2.89. The lowest BCUT2D eigenvalue weighted by molar-refractivity contribution is -0.113. The number of hydrogen-bond donors (Lipinski definition) is 1. The third-order valence-corrected chi connectivity index (χ3v) is 7.84. The molecule has 1 N–H and O–H groups in total. The zero-order valence-electron chi connectivity index (χ0n) is 18.3. The molecule has 0 bridgehead atoms. The Morgan fingerprint density at radius 2 is 2.34 bits per heavy atom. The van der Waals surface area contributed by atoms with E-state index in [2.05, 4.69) is 45.7 Å². The van der Waals surface area contributed by atoms with E-state index in [-0.39, 0.29) is 11.7 Å². The number of allylic oxidation sites excluding steroid dienone is 1. The number of carbonyl (C=O) groups excluding carboxylic acids is 1. The maximum atomic E-state index is 12.7. The number of hydrogen-bond acceptors (Lipinski definition) is 6. The molecule has 9 heteroatoms. The molecule has 0 spiro atoms. The Balaban J connectivity index is 1.44. The quantitative estimate of drug-likeness (QED) is 0.397. The van der Waals surface area contributed by atoms with Gasteiger partial charge in [0.15, 0.2) is 5.16 Å². The molecule has 3 heterocycles. The Hall–Kier alpha value is -2.83. The van der Waals surface area contributed by atoms with Crippen LogP contribution in [-0.2, 0) is 37.6 Å². The molecule has 3 aromatic heterocycles. The van der Waals surface area contributed by atoms with Gasteiger partial charge in [-0.2, -0.15) is 5.26 Å². The van der Waals surface area contributed by atoms with Gasteiger partial charge in [0.1, 0.15) is 16.9 Å². The van der Waals surface area contributed by atoms with E-state index in [1.165, 1.54) is 16.6 Å². The summed E-state index contributed by atoms with van der Waals surface area (Å²) in [5, 5.41) is 22.6. The van der Waals surface area contributed by atoms with Gasteiger partial charge in [0.25, 0.3) is 0 Å². The maximum Gasteiger partial charge on any atom is 0.235 e. The summed E-state index contributed by atoms with van der Waals surface area (Å²) in [5.74, 6) is 1.51. The first-order valence-corrected chi connectivity index (χ1v) is 12.4. The van der Waals surface area contributed by atoms with Crippen molar-refractivity contribution < 1.29 is 4.79 Å². The average molecular weight is 467 g/mol. The molecule has 1 atom stereocenters. The fourth-order valence-corrected chi connectivity index (χ4v) is 6.11. The molecule has 1 aliphatic carbocycles. The van der Waals surface area contributed by atoms with Crippen LogP contribution in [-0.4, -0.2) is 31.0 Å². The Morgan fingerprint density at radius 3 is 3.06 bits per heavy atom. The van der Waals surface area contributed by atoms with Gasteiger partial charge in [0.2, 0.25) is 5.91 Å². The first kappa shape index (κ1) is 22.4. The van der Waals surface area contributed by atoms with Crippen LogP contribution in [0.25, 0.3) is 0 Å². The highest BCUT2D eigenvalue weighted by Crippen LogP contribution is 2.39. The predicted octanol–water partition coefficient (Wildman–Crippen LogP) is 4.18. The minimum atomic E-state index is -0.143. The Bertz CT molecular complexity index is 1180. The third-order valence-electron chi connectivity index (χ3n) is 5.70.